The molecular weight excluding hydrogens is 440 g/mol. The Hall–Kier alpha value is -2.44. The van der Waals surface area contributed by atoms with E-state index in [0.29, 0.717) is 31.2 Å². The Morgan fingerprint density at radius 1 is 1.11 bits per heavy atom. The Morgan fingerprint density at radius 2 is 1.82 bits per heavy atom. The highest BCUT2D eigenvalue weighted by atomic mass is 79.9. The quantitative estimate of drug-likeness (QED) is 0.542. The van der Waals surface area contributed by atoms with Crippen molar-refractivity contribution in [3.63, 3.8) is 0 Å². The molecule has 1 aromatic heterocycles. The Kier molecular flexibility index (Phi) is 5.33. The molecule has 3 aromatic rings. The van der Waals surface area contributed by atoms with Gasteiger partial charge in [-0.15, -0.1) is 0 Å². The van der Waals surface area contributed by atoms with Crippen molar-refractivity contribution in [2.45, 2.75) is 0 Å². The van der Waals surface area contributed by atoms with E-state index in [-0.39, 0.29) is 5.91 Å². The van der Waals surface area contributed by atoms with Crippen molar-refractivity contribution in [2.75, 3.05) is 31.1 Å². The van der Waals surface area contributed by atoms with Gasteiger partial charge in [0.2, 0.25) is 5.91 Å². The molecule has 0 aliphatic carbocycles. The number of piperazine rings is 1. The third kappa shape index (κ3) is 3.62. The maximum atomic E-state index is 11.8. The zero-order valence-electron chi connectivity index (χ0n) is 15.1. The summed E-state index contributed by atoms with van der Waals surface area (Å²) in [5.41, 5.74) is 2.78. The van der Waals surface area contributed by atoms with E-state index in [9.17, 15) is 4.79 Å². The standard InChI is InChI=1S/C21H18BrClN4O/c1-2-20(28)26-7-9-27(10-8-26)21-17-11-16(14-3-5-15(22)6-4-14)18(23)12-19(17)24-13-25-21/h2-6,11-13H,1,7-10H2. The van der Waals surface area contributed by atoms with Crippen LogP contribution in [0.4, 0.5) is 5.82 Å². The minimum absolute atomic E-state index is 0.0310. The molecule has 2 heterocycles. The SMILES string of the molecule is C=CC(=O)N1CCN(c2ncnc3cc(Cl)c(-c4ccc(Br)cc4)cc23)CC1. The molecule has 7 heteroatoms. The van der Waals surface area contributed by atoms with Gasteiger partial charge in [-0.05, 0) is 35.9 Å². The zero-order valence-corrected chi connectivity index (χ0v) is 17.4. The molecule has 1 saturated heterocycles. The van der Waals surface area contributed by atoms with Gasteiger partial charge in [-0.1, -0.05) is 46.2 Å². The van der Waals surface area contributed by atoms with Crippen LogP contribution in [0.25, 0.3) is 22.0 Å². The van der Waals surface area contributed by atoms with Crippen molar-refractivity contribution in [3.05, 3.63) is 64.9 Å². The van der Waals surface area contributed by atoms with E-state index in [1.165, 1.54) is 6.08 Å². The van der Waals surface area contributed by atoms with Gasteiger partial charge >= 0.3 is 0 Å². The molecule has 0 saturated carbocycles. The number of nitrogens with zero attached hydrogens (tertiary/aromatic N) is 4. The van der Waals surface area contributed by atoms with Crippen LogP contribution in [0.1, 0.15) is 0 Å². The number of carbonyl (C=O) groups is 1. The van der Waals surface area contributed by atoms with Gasteiger partial charge < -0.3 is 9.80 Å². The summed E-state index contributed by atoms with van der Waals surface area (Å²) in [4.78, 5) is 24.8. The second-order valence-corrected chi connectivity index (χ2v) is 7.89. The zero-order chi connectivity index (χ0) is 19.7. The number of carbonyl (C=O) groups excluding carboxylic acids is 1. The maximum absolute atomic E-state index is 11.8. The van der Waals surface area contributed by atoms with Gasteiger partial charge in [0.1, 0.15) is 12.1 Å². The number of benzene rings is 2. The van der Waals surface area contributed by atoms with E-state index in [1.807, 2.05) is 30.3 Å². The molecule has 1 amide bonds. The van der Waals surface area contributed by atoms with Crippen molar-refractivity contribution < 1.29 is 4.79 Å². The van der Waals surface area contributed by atoms with E-state index < -0.39 is 0 Å². The lowest BCUT2D eigenvalue weighted by atomic mass is 10.0. The number of hydrogen-bond acceptors (Lipinski definition) is 4. The summed E-state index contributed by atoms with van der Waals surface area (Å²) in [6, 6.07) is 12.0. The average Bonchev–Trinajstić information content (AvgIpc) is 2.73. The fourth-order valence-corrected chi connectivity index (χ4v) is 3.97. The first-order valence-corrected chi connectivity index (χ1v) is 10.1. The molecule has 0 unspecified atom stereocenters. The van der Waals surface area contributed by atoms with Crippen molar-refractivity contribution in [2.24, 2.45) is 0 Å². The maximum Gasteiger partial charge on any atom is 0.246 e. The lowest BCUT2D eigenvalue weighted by Crippen LogP contribution is -2.48. The molecule has 4 rings (SSSR count). The first-order chi connectivity index (χ1) is 13.6. The highest BCUT2D eigenvalue weighted by Crippen LogP contribution is 2.35. The predicted molar refractivity (Wildman–Crippen MR) is 117 cm³/mol. The van der Waals surface area contributed by atoms with Gasteiger partial charge in [0, 0.05) is 41.6 Å². The number of rotatable bonds is 3. The first-order valence-electron chi connectivity index (χ1n) is 8.93. The number of fused-ring (bicyclic) bond motifs is 1. The Bertz CT molecular complexity index is 1050. The minimum Gasteiger partial charge on any atom is -0.352 e. The van der Waals surface area contributed by atoms with E-state index in [0.717, 1.165) is 32.3 Å². The fraction of sp³-hybridized carbons (Fsp3) is 0.190. The predicted octanol–water partition coefficient (Wildman–Crippen LogP) is 4.55. The molecule has 28 heavy (non-hydrogen) atoms. The van der Waals surface area contributed by atoms with Crippen LogP contribution < -0.4 is 4.90 Å². The van der Waals surface area contributed by atoms with Crippen LogP contribution >= 0.6 is 27.5 Å². The normalized spacial score (nSPS) is 14.4. The summed E-state index contributed by atoms with van der Waals surface area (Å²) in [5, 5.41) is 1.61. The Labute approximate surface area is 176 Å². The summed E-state index contributed by atoms with van der Waals surface area (Å²) in [6.45, 7) is 6.27. The second-order valence-electron chi connectivity index (χ2n) is 6.57. The van der Waals surface area contributed by atoms with Gasteiger partial charge in [-0.25, -0.2) is 9.97 Å². The smallest absolute Gasteiger partial charge is 0.246 e. The molecule has 5 nitrogen and oxygen atoms in total. The highest BCUT2D eigenvalue weighted by Gasteiger charge is 2.22. The lowest BCUT2D eigenvalue weighted by Gasteiger charge is -2.35. The molecule has 0 radical (unpaired) electrons. The van der Waals surface area contributed by atoms with Crippen LogP contribution in [-0.4, -0.2) is 47.0 Å². The monoisotopic (exact) mass is 456 g/mol. The van der Waals surface area contributed by atoms with Crippen molar-refractivity contribution >= 4 is 50.2 Å². The molecular formula is C21H18BrClN4O. The molecule has 0 spiro atoms. The molecule has 0 bridgehead atoms. The van der Waals surface area contributed by atoms with Crippen LogP contribution in [0.2, 0.25) is 5.02 Å². The van der Waals surface area contributed by atoms with Crippen LogP contribution in [0, 0.1) is 0 Å². The van der Waals surface area contributed by atoms with Gasteiger partial charge in [0.25, 0.3) is 0 Å². The Balaban J connectivity index is 1.72. The van der Waals surface area contributed by atoms with Crippen LogP contribution in [0.15, 0.2) is 59.9 Å². The average molecular weight is 458 g/mol. The topological polar surface area (TPSA) is 49.3 Å². The van der Waals surface area contributed by atoms with Crippen molar-refractivity contribution in [3.8, 4) is 11.1 Å². The molecule has 0 atom stereocenters. The summed E-state index contributed by atoms with van der Waals surface area (Å²) < 4.78 is 1.02. The summed E-state index contributed by atoms with van der Waals surface area (Å²) in [5.74, 6) is 0.835. The van der Waals surface area contributed by atoms with Gasteiger partial charge in [-0.2, -0.15) is 0 Å². The van der Waals surface area contributed by atoms with Crippen molar-refractivity contribution in [1.82, 2.24) is 14.9 Å². The molecule has 1 fully saturated rings. The molecule has 1 aliphatic heterocycles. The lowest BCUT2D eigenvalue weighted by molar-refractivity contribution is -0.126. The van der Waals surface area contributed by atoms with Gasteiger partial charge in [-0.3, -0.25) is 4.79 Å². The number of amides is 1. The molecule has 1 aliphatic rings. The largest absolute Gasteiger partial charge is 0.352 e. The highest BCUT2D eigenvalue weighted by molar-refractivity contribution is 9.10. The molecule has 142 valence electrons. The second kappa shape index (κ2) is 7.89. The minimum atomic E-state index is -0.0310. The van der Waals surface area contributed by atoms with Crippen molar-refractivity contribution in [1.29, 1.82) is 0 Å². The Morgan fingerprint density at radius 3 is 2.50 bits per heavy atom. The first kappa shape index (κ1) is 18.9. The van der Waals surface area contributed by atoms with Gasteiger partial charge in [0.15, 0.2) is 0 Å². The number of halogens is 2. The van der Waals surface area contributed by atoms with Crippen LogP contribution in [0.3, 0.4) is 0 Å². The summed E-state index contributed by atoms with van der Waals surface area (Å²) in [6.07, 6.45) is 2.93. The van der Waals surface area contributed by atoms with Crippen LogP contribution in [0.5, 0.6) is 0 Å². The summed E-state index contributed by atoms with van der Waals surface area (Å²) >= 11 is 10.0. The van der Waals surface area contributed by atoms with E-state index in [1.54, 1.807) is 11.2 Å². The van der Waals surface area contributed by atoms with E-state index in [2.05, 4.69) is 43.4 Å². The summed E-state index contributed by atoms with van der Waals surface area (Å²) in [7, 11) is 0. The molecule has 0 N–H and O–H groups in total. The van der Waals surface area contributed by atoms with Gasteiger partial charge in [0.05, 0.1) is 10.5 Å². The number of anilines is 1. The third-order valence-corrected chi connectivity index (χ3v) is 5.77. The third-order valence-electron chi connectivity index (χ3n) is 4.92. The number of aromatic nitrogens is 2. The molecule has 2 aromatic carbocycles. The van der Waals surface area contributed by atoms with E-state index in [4.69, 9.17) is 11.6 Å². The van der Waals surface area contributed by atoms with E-state index >= 15 is 0 Å². The van der Waals surface area contributed by atoms with Crippen LogP contribution in [-0.2, 0) is 4.79 Å². The number of hydrogen-bond donors (Lipinski definition) is 0. The fourth-order valence-electron chi connectivity index (χ4n) is 3.43.